The summed E-state index contributed by atoms with van der Waals surface area (Å²) in [6.45, 7) is 4.47. The lowest BCUT2D eigenvalue weighted by atomic mass is 10.0. The molecule has 1 aliphatic heterocycles. The summed E-state index contributed by atoms with van der Waals surface area (Å²) in [6, 6.07) is 5.05. The first-order chi connectivity index (χ1) is 7.75. The minimum atomic E-state index is -0.164. The molecular formula is C13H16FN2+. The van der Waals surface area contributed by atoms with Crippen LogP contribution >= 0.6 is 0 Å². The standard InChI is InChI=1S/C13H15FN2/c1-8-7-15-5-4-11-10-3-2-9(14)6-12(10)16-13(8)11/h2-3,6,8,15-16H,4-5,7H2,1H3/p+1/t8-/m1/s1. The van der Waals surface area contributed by atoms with Gasteiger partial charge in [0.15, 0.2) is 0 Å². The van der Waals surface area contributed by atoms with Crippen molar-refractivity contribution in [2.45, 2.75) is 19.3 Å². The number of halogens is 1. The smallest absolute Gasteiger partial charge is 0.125 e. The number of rotatable bonds is 0. The van der Waals surface area contributed by atoms with Crippen molar-refractivity contribution in [1.29, 1.82) is 0 Å². The lowest BCUT2D eigenvalue weighted by Gasteiger charge is -2.04. The van der Waals surface area contributed by atoms with E-state index in [9.17, 15) is 4.39 Å². The monoisotopic (exact) mass is 219 g/mol. The summed E-state index contributed by atoms with van der Waals surface area (Å²) in [6.07, 6.45) is 1.07. The summed E-state index contributed by atoms with van der Waals surface area (Å²) in [7, 11) is 0. The highest BCUT2D eigenvalue weighted by Gasteiger charge is 2.21. The van der Waals surface area contributed by atoms with Crippen LogP contribution in [0.15, 0.2) is 18.2 Å². The van der Waals surface area contributed by atoms with E-state index in [1.165, 1.54) is 16.6 Å². The van der Waals surface area contributed by atoms with Crippen molar-refractivity contribution in [3.63, 3.8) is 0 Å². The van der Waals surface area contributed by atoms with E-state index in [1.807, 2.05) is 6.07 Å². The third-order valence-electron chi connectivity index (χ3n) is 3.51. The Morgan fingerprint density at radius 2 is 2.31 bits per heavy atom. The minimum Gasteiger partial charge on any atom is -0.358 e. The van der Waals surface area contributed by atoms with E-state index in [0.717, 1.165) is 25.0 Å². The molecule has 84 valence electrons. The van der Waals surface area contributed by atoms with Gasteiger partial charge in [0, 0.05) is 28.9 Å². The van der Waals surface area contributed by atoms with Crippen LogP contribution in [0, 0.1) is 5.82 Å². The highest BCUT2D eigenvalue weighted by molar-refractivity contribution is 5.85. The molecule has 1 atom stereocenters. The fraction of sp³-hybridized carbons (Fsp3) is 0.385. The molecule has 0 saturated carbocycles. The van der Waals surface area contributed by atoms with Crippen LogP contribution in [-0.4, -0.2) is 18.1 Å². The second-order valence-corrected chi connectivity index (χ2v) is 4.67. The van der Waals surface area contributed by atoms with E-state index in [0.29, 0.717) is 5.92 Å². The highest BCUT2D eigenvalue weighted by atomic mass is 19.1. The second-order valence-electron chi connectivity index (χ2n) is 4.67. The van der Waals surface area contributed by atoms with Crippen LogP contribution in [0.4, 0.5) is 4.39 Å². The van der Waals surface area contributed by atoms with E-state index in [1.54, 1.807) is 12.1 Å². The number of quaternary nitrogens is 1. The molecule has 3 N–H and O–H groups in total. The molecular weight excluding hydrogens is 203 g/mol. The minimum absolute atomic E-state index is 0.164. The van der Waals surface area contributed by atoms with Gasteiger partial charge in [-0.2, -0.15) is 0 Å². The largest absolute Gasteiger partial charge is 0.358 e. The topological polar surface area (TPSA) is 32.4 Å². The maximum atomic E-state index is 13.2. The first kappa shape index (κ1) is 9.85. The number of nitrogens with two attached hydrogens (primary N) is 1. The first-order valence-electron chi connectivity index (χ1n) is 5.87. The third-order valence-corrected chi connectivity index (χ3v) is 3.51. The molecule has 1 aromatic heterocycles. The molecule has 0 spiro atoms. The van der Waals surface area contributed by atoms with Gasteiger partial charge in [-0.05, 0) is 23.8 Å². The molecule has 2 nitrogen and oxygen atoms in total. The van der Waals surface area contributed by atoms with Gasteiger partial charge >= 0.3 is 0 Å². The summed E-state index contributed by atoms with van der Waals surface area (Å²) in [4.78, 5) is 3.39. The molecule has 16 heavy (non-hydrogen) atoms. The number of aromatic amines is 1. The summed E-state index contributed by atoms with van der Waals surface area (Å²) < 4.78 is 13.2. The van der Waals surface area contributed by atoms with Crippen molar-refractivity contribution in [3.8, 4) is 0 Å². The van der Waals surface area contributed by atoms with E-state index >= 15 is 0 Å². The van der Waals surface area contributed by atoms with Crippen LogP contribution < -0.4 is 5.32 Å². The van der Waals surface area contributed by atoms with Gasteiger partial charge in [-0.25, -0.2) is 4.39 Å². The second kappa shape index (κ2) is 3.59. The van der Waals surface area contributed by atoms with Crippen LogP contribution in [0.3, 0.4) is 0 Å². The maximum absolute atomic E-state index is 13.2. The van der Waals surface area contributed by atoms with E-state index in [2.05, 4.69) is 17.2 Å². The van der Waals surface area contributed by atoms with Crippen LogP contribution in [-0.2, 0) is 6.42 Å². The van der Waals surface area contributed by atoms with E-state index in [-0.39, 0.29) is 5.82 Å². The van der Waals surface area contributed by atoms with Gasteiger partial charge in [-0.1, -0.05) is 6.92 Å². The molecule has 0 radical (unpaired) electrons. The van der Waals surface area contributed by atoms with Crippen molar-refractivity contribution in [1.82, 2.24) is 4.98 Å². The average molecular weight is 219 g/mol. The molecule has 0 unspecified atom stereocenters. The average Bonchev–Trinajstić information content (AvgIpc) is 2.52. The lowest BCUT2D eigenvalue weighted by molar-refractivity contribution is -0.655. The maximum Gasteiger partial charge on any atom is 0.125 e. The van der Waals surface area contributed by atoms with Gasteiger partial charge in [0.2, 0.25) is 0 Å². The molecule has 0 fully saturated rings. The normalized spacial score (nSPS) is 20.8. The highest BCUT2D eigenvalue weighted by Crippen LogP contribution is 2.28. The quantitative estimate of drug-likeness (QED) is 0.673. The van der Waals surface area contributed by atoms with Crippen molar-refractivity contribution in [3.05, 3.63) is 35.3 Å². The predicted octanol–water partition coefficient (Wildman–Crippen LogP) is 1.53. The molecule has 0 saturated heterocycles. The van der Waals surface area contributed by atoms with Gasteiger partial charge in [0.05, 0.1) is 13.1 Å². The van der Waals surface area contributed by atoms with Gasteiger partial charge < -0.3 is 10.3 Å². The molecule has 1 aliphatic rings. The first-order valence-corrected chi connectivity index (χ1v) is 5.87. The van der Waals surface area contributed by atoms with Crippen LogP contribution in [0.5, 0.6) is 0 Å². The van der Waals surface area contributed by atoms with Crippen molar-refractivity contribution in [2.24, 2.45) is 0 Å². The fourth-order valence-electron chi connectivity index (χ4n) is 2.67. The molecule has 3 rings (SSSR count). The van der Waals surface area contributed by atoms with Crippen molar-refractivity contribution >= 4 is 10.9 Å². The zero-order valence-corrected chi connectivity index (χ0v) is 9.39. The molecule has 2 aromatic rings. The number of hydrogen-bond donors (Lipinski definition) is 2. The zero-order valence-electron chi connectivity index (χ0n) is 9.39. The summed E-state index contributed by atoms with van der Waals surface area (Å²) in [5, 5.41) is 3.55. The Morgan fingerprint density at radius 3 is 3.19 bits per heavy atom. The predicted molar refractivity (Wildman–Crippen MR) is 62.0 cm³/mol. The molecule has 0 aliphatic carbocycles. The van der Waals surface area contributed by atoms with Gasteiger partial charge in [0.1, 0.15) is 5.82 Å². The zero-order chi connectivity index (χ0) is 11.1. The number of aromatic nitrogens is 1. The van der Waals surface area contributed by atoms with Crippen molar-refractivity contribution in [2.75, 3.05) is 13.1 Å². The van der Waals surface area contributed by atoms with E-state index < -0.39 is 0 Å². The number of nitrogens with one attached hydrogen (secondary N) is 1. The SMILES string of the molecule is C[C@@H]1C[NH2+]CCc2c1[nH]c1cc(F)ccc21. The Kier molecular flexibility index (Phi) is 2.21. The number of fused-ring (bicyclic) bond motifs is 3. The molecule has 0 bridgehead atoms. The fourth-order valence-corrected chi connectivity index (χ4v) is 2.67. The summed E-state index contributed by atoms with van der Waals surface area (Å²) in [5.74, 6) is 0.357. The Balaban J connectivity index is 2.25. The Hall–Kier alpha value is -1.35. The Morgan fingerprint density at radius 1 is 1.44 bits per heavy atom. The third kappa shape index (κ3) is 1.43. The number of benzene rings is 1. The van der Waals surface area contributed by atoms with E-state index in [4.69, 9.17) is 0 Å². The van der Waals surface area contributed by atoms with Crippen molar-refractivity contribution < 1.29 is 9.71 Å². The lowest BCUT2D eigenvalue weighted by Crippen LogP contribution is -2.85. The van der Waals surface area contributed by atoms with Gasteiger partial charge in [0.25, 0.3) is 0 Å². The van der Waals surface area contributed by atoms with Crippen LogP contribution in [0.2, 0.25) is 0 Å². The number of H-pyrrole nitrogens is 1. The molecule has 2 heterocycles. The number of hydrogen-bond acceptors (Lipinski definition) is 0. The molecule has 3 heteroatoms. The summed E-state index contributed by atoms with van der Waals surface area (Å²) >= 11 is 0. The van der Waals surface area contributed by atoms with Gasteiger partial charge in [-0.3, -0.25) is 0 Å². The molecule has 1 aromatic carbocycles. The Labute approximate surface area is 93.9 Å². The van der Waals surface area contributed by atoms with Gasteiger partial charge in [-0.15, -0.1) is 0 Å². The van der Waals surface area contributed by atoms with Crippen LogP contribution in [0.25, 0.3) is 10.9 Å². The summed E-state index contributed by atoms with van der Waals surface area (Å²) in [5.41, 5.74) is 3.63. The molecule has 0 amide bonds. The van der Waals surface area contributed by atoms with Crippen LogP contribution in [0.1, 0.15) is 24.1 Å². The Bertz CT molecular complexity index is 530.